The molecule has 3 rings (SSSR count). The van der Waals surface area contributed by atoms with Crippen molar-refractivity contribution in [1.29, 1.82) is 0 Å². The lowest BCUT2D eigenvalue weighted by atomic mass is 9.76. The number of H-pyrrole nitrogens is 1. The van der Waals surface area contributed by atoms with Gasteiger partial charge in [0.05, 0.1) is 5.69 Å². The molecule has 138 valence electrons. The van der Waals surface area contributed by atoms with E-state index in [4.69, 9.17) is 0 Å². The van der Waals surface area contributed by atoms with E-state index in [0.717, 1.165) is 49.4 Å². The number of aliphatic carboxylic acids is 1. The van der Waals surface area contributed by atoms with Crippen LogP contribution in [0.25, 0.3) is 0 Å². The summed E-state index contributed by atoms with van der Waals surface area (Å²) >= 11 is 0. The number of hydrogen-bond acceptors (Lipinski definition) is 4. The monoisotopic (exact) mass is 348 g/mol. The molecule has 2 saturated heterocycles. The maximum atomic E-state index is 12.5. The van der Waals surface area contributed by atoms with Crippen LogP contribution in [0.3, 0.4) is 0 Å². The maximum Gasteiger partial charge on any atom is 0.320 e. The molecule has 1 aromatic rings. The van der Waals surface area contributed by atoms with Crippen molar-refractivity contribution in [1.82, 2.24) is 20.0 Å². The van der Waals surface area contributed by atoms with E-state index in [1.54, 1.807) is 0 Å². The SMILES string of the molecule is Cc1[nH]nc(CCC(=O)N2CCC3(CC2)C[C@H](C(=O)O)N(C)C3)c1C. The van der Waals surface area contributed by atoms with Crippen LogP contribution in [-0.2, 0) is 16.0 Å². The van der Waals surface area contributed by atoms with Gasteiger partial charge in [0.15, 0.2) is 0 Å². The van der Waals surface area contributed by atoms with Crippen LogP contribution >= 0.6 is 0 Å². The fourth-order valence-electron chi connectivity index (χ4n) is 4.30. The summed E-state index contributed by atoms with van der Waals surface area (Å²) in [6.45, 7) is 6.30. The Hall–Kier alpha value is -1.89. The van der Waals surface area contributed by atoms with E-state index in [2.05, 4.69) is 10.2 Å². The lowest BCUT2D eigenvalue weighted by molar-refractivity contribution is -0.142. The third-order valence-corrected chi connectivity index (χ3v) is 6.13. The predicted octanol–water partition coefficient (Wildman–Crippen LogP) is 1.36. The Balaban J connectivity index is 1.51. The molecule has 0 aromatic carbocycles. The number of aromatic nitrogens is 2. The zero-order valence-electron chi connectivity index (χ0n) is 15.3. The van der Waals surface area contributed by atoms with Gasteiger partial charge in [0, 0.05) is 38.2 Å². The minimum absolute atomic E-state index is 0.0600. The zero-order valence-corrected chi connectivity index (χ0v) is 15.3. The van der Waals surface area contributed by atoms with Crippen LogP contribution in [0, 0.1) is 19.3 Å². The van der Waals surface area contributed by atoms with Crippen molar-refractivity contribution < 1.29 is 14.7 Å². The average Bonchev–Trinajstić information content (AvgIpc) is 3.07. The highest BCUT2D eigenvalue weighted by atomic mass is 16.4. The van der Waals surface area contributed by atoms with Gasteiger partial charge in [-0.1, -0.05) is 0 Å². The molecule has 2 fully saturated rings. The molecule has 1 atom stereocenters. The number of likely N-dealkylation sites (N-methyl/N-ethyl adjacent to an activating group) is 1. The van der Waals surface area contributed by atoms with Crippen molar-refractivity contribution in [3.63, 3.8) is 0 Å². The van der Waals surface area contributed by atoms with Gasteiger partial charge in [-0.05, 0) is 51.1 Å². The molecular weight excluding hydrogens is 320 g/mol. The minimum atomic E-state index is -0.734. The number of carbonyl (C=O) groups is 2. The number of aryl methyl sites for hydroxylation is 2. The van der Waals surface area contributed by atoms with Crippen molar-refractivity contribution in [2.75, 3.05) is 26.7 Å². The minimum Gasteiger partial charge on any atom is -0.480 e. The van der Waals surface area contributed by atoms with E-state index in [9.17, 15) is 14.7 Å². The molecule has 1 spiro atoms. The third-order valence-electron chi connectivity index (χ3n) is 6.13. The molecule has 2 aliphatic rings. The number of carbonyl (C=O) groups excluding carboxylic acids is 1. The molecule has 2 N–H and O–H groups in total. The first-order valence-corrected chi connectivity index (χ1v) is 9.03. The van der Waals surface area contributed by atoms with Crippen LogP contribution in [0.5, 0.6) is 0 Å². The van der Waals surface area contributed by atoms with Crippen molar-refractivity contribution in [3.8, 4) is 0 Å². The van der Waals surface area contributed by atoms with E-state index < -0.39 is 5.97 Å². The second-order valence-corrected chi connectivity index (χ2v) is 7.77. The fourth-order valence-corrected chi connectivity index (χ4v) is 4.30. The maximum absolute atomic E-state index is 12.5. The fraction of sp³-hybridized carbons (Fsp3) is 0.722. The van der Waals surface area contributed by atoms with Crippen LogP contribution < -0.4 is 0 Å². The number of piperidine rings is 1. The summed E-state index contributed by atoms with van der Waals surface area (Å²) in [6, 6.07) is -0.381. The highest BCUT2D eigenvalue weighted by Crippen LogP contribution is 2.42. The van der Waals surface area contributed by atoms with Gasteiger partial charge in [-0.3, -0.25) is 19.6 Å². The van der Waals surface area contributed by atoms with Gasteiger partial charge in [-0.15, -0.1) is 0 Å². The normalized spacial score (nSPS) is 23.3. The molecule has 2 aliphatic heterocycles. The Bertz CT molecular complexity index is 661. The molecule has 0 unspecified atom stereocenters. The molecule has 0 saturated carbocycles. The van der Waals surface area contributed by atoms with Gasteiger partial charge >= 0.3 is 5.97 Å². The number of nitrogens with one attached hydrogen (secondary N) is 1. The summed E-state index contributed by atoms with van der Waals surface area (Å²) in [7, 11) is 1.89. The van der Waals surface area contributed by atoms with E-state index in [-0.39, 0.29) is 17.4 Å². The standard InChI is InChI=1S/C18H28N4O3/c1-12-13(2)19-20-14(12)4-5-16(23)22-8-6-18(7-9-22)10-15(17(24)25)21(3)11-18/h15H,4-11H2,1-3H3,(H,19,20)(H,24,25)/t15-/m1/s1. The number of carboxylic acid groups (broad SMARTS) is 1. The lowest BCUT2D eigenvalue weighted by Gasteiger charge is -2.39. The zero-order chi connectivity index (χ0) is 18.2. The largest absolute Gasteiger partial charge is 0.480 e. The first-order chi connectivity index (χ1) is 11.8. The van der Waals surface area contributed by atoms with E-state index in [0.29, 0.717) is 19.3 Å². The van der Waals surface area contributed by atoms with Gasteiger partial charge in [0.1, 0.15) is 6.04 Å². The average molecular weight is 348 g/mol. The topological polar surface area (TPSA) is 89.5 Å². The van der Waals surface area contributed by atoms with Crippen molar-refractivity contribution >= 4 is 11.9 Å². The van der Waals surface area contributed by atoms with Gasteiger partial charge in [0.2, 0.25) is 5.91 Å². The van der Waals surface area contributed by atoms with E-state index in [1.165, 1.54) is 0 Å². The summed E-state index contributed by atoms with van der Waals surface area (Å²) in [5, 5.41) is 16.6. The molecule has 7 nitrogen and oxygen atoms in total. The highest BCUT2D eigenvalue weighted by Gasteiger charge is 2.47. The quantitative estimate of drug-likeness (QED) is 0.857. The van der Waals surface area contributed by atoms with Crippen LogP contribution in [0.15, 0.2) is 0 Å². The summed E-state index contributed by atoms with van der Waals surface area (Å²) in [6.07, 6.45) is 3.64. The van der Waals surface area contributed by atoms with E-state index >= 15 is 0 Å². The first kappa shape index (κ1) is 17.9. The number of rotatable bonds is 4. The van der Waals surface area contributed by atoms with Gasteiger partial charge in [0.25, 0.3) is 0 Å². The van der Waals surface area contributed by atoms with Gasteiger partial charge < -0.3 is 10.0 Å². The van der Waals surface area contributed by atoms with E-state index in [1.807, 2.05) is 30.7 Å². The van der Waals surface area contributed by atoms with Gasteiger partial charge in [-0.2, -0.15) is 5.10 Å². The molecular formula is C18H28N4O3. The summed E-state index contributed by atoms with van der Waals surface area (Å²) in [5.74, 6) is -0.557. The van der Waals surface area contributed by atoms with Gasteiger partial charge in [-0.25, -0.2) is 0 Å². The van der Waals surface area contributed by atoms with Crippen molar-refractivity contribution in [2.24, 2.45) is 5.41 Å². The number of amides is 1. The number of carboxylic acids is 1. The predicted molar refractivity (Wildman–Crippen MR) is 93.3 cm³/mol. The summed E-state index contributed by atoms with van der Waals surface area (Å²) in [5.41, 5.74) is 3.23. The van der Waals surface area contributed by atoms with Crippen molar-refractivity contribution in [3.05, 3.63) is 17.0 Å². The Morgan fingerprint density at radius 3 is 2.52 bits per heavy atom. The van der Waals surface area contributed by atoms with Crippen LogP contribution in [0.1, 0.15) is 42.6 Å². The second-order valence-electron chi connectivity index (χ2n) is 7.77. The van der Waals surface area contributed by atoms with Crippen LogP contribution in [-0.4, -0.2) is 69.7 Å². The molecule has 7 heteroatoms. The Kier molecular flexibility index (Phi) is 4.86. The molecule has 25 heavy (non-hydrogen) atoms. The van der Waals surface area contributed by atoms with Crippen LogP contribution in [0.4, 0.5) is 0 Å². The highest BCUT2D eigenvalue weighted by molar-refractivity contribution is 5.76. The summed E-state index contributed by atoms with van der Waals surface area (Å²) in [4.78, 5) is 27.7. The summed E-state index contributed by atoms with van der Waals surface area (Å²) < 4.78 is 0. The molecule has 0 aliphatic carbocycles. The number of hydrogen-bond donors (Lipinski definition) is 2. The van der Waals surface area contributed by atoms with Crippen LogP contribution in [0.2, 0.25) is 0 Å². The number of aromatic amines is 1. The smallest absolute Gasteiger partial charge is 0.320 e. The number of nitrogens with zero attached hydrogens (tertiary/aromatic N) is 3. The Morgan fingerprint density at radius 2 is 2.00 bits per heavy atom. The second kappa shape index (κ2) is 6.78. The Labute approximate surface area is 148 Å². The molecule has 1 amide bonds. The first-order valence-electron chi connectivity index (χ1n) is 9.03. The molecule has 0 bridgehead atoms. The van der Waals surface area contributed by atoms with Crippen molar-refractivity contribution in [2.45, 2.75) is 52.0 Å². The Morgan fingerprint density at radius 1 is 1.32 bits per heavy atom. The molecule has 1 aromatic heterocycles. The lowest BCUT2D eigenvalue weighted by Crippen LogP contribution is -2.44. The third kappa shape index (κ3) is 3.56. The molecule has 0 radical (unpaired) electrons. The molecule has 3 heterocycles. The number of likely N-dealkylation sites (tertiary alicyclic amines) is 2.